The van der Waals surface area contributed by atoms with Crippen LogP contribution in [0.2, 0.25) is 0 Å². The van der Waals surface area contributed by atoms with Gasteiger partial charge in [0.2, 0.25) is 0 Å². The zero-order chi connectivity index (χ0) is 19.5. The number of likely N-dealkylation sites (tertiary alicyclic amines) is 1. The maximum absolute atomic E-state index is 12.9. The van der Waals surface area contributed by atoms with E-state index in [9.17, 15) is 27.9 Å². The molecule has 0 saturated carbocycles. The molecule has 0 radical (unpaired) electrons. The number of halogens is 3. The average Bonchev–Trinajstić information content (AvgIpc) is 2.96. The van der Waals surface area contributed by atoms with Crippen LogP contribution in [0.5, 0.6) is 5.75 Å². The highest BCUT2D eigenvalue weighted by atomic mass is 19.4. The molecule has 6 nitrogen and oxygen atoms in total. The highest BCUT2D eigenvalue weighted by Gasteiger charge is 2.42. The van der Waals surface area contributed by atoms with Crippen LogP contribution < -0.4 is 10.1 Å². The summed E-state index contributed by atoms with van der Waals surface area (Å²) < 4.78 is 44.0. The number of carboxylic acids is 1. The summed E-state index contributed by atoms with van der Waals surface area (Å²) in [5.74, 6) is -1.27. The molecule has 144 valence electrons. The van der Waals surface area contributed by atoms with Gasteiger partial charge in [-0.15, -0.1) is 0 Å². The molecular weight excluding hydrogens is 353 g/mol. The van der Waals surface area contributed by atoms with E-state index in [-0.39, 0.29) is 18.9 Å². The van der Waals surface area contributed by atoms with Crippen LogP contribution in [0.25, 0.3) is 0 Å². The number of carbonyl (C=O) groups is 2. The molecule has 1 aromatic carbocycles. The van der Waals surface area contributed by atoms with Crippen LogP contribution >= 0.6 is 0 Å². The fourth-order valence-electron chi connectivity index (χ4n) is 2.69. The summed E-state index contributed by atoms with van der Waals surface area (Å²) in [5.41, 5.74) is -1.86. The normalized spacial score (nSPS) is 21.3. The number of hydrogen-bond donors (Lipinski definition) is 2. The van der Waals surface area contributed by atoms with Gasteiger partial charge in [0, 0.05) is 13.1 Å². The van der Waals surface area contributed by atoms with E-state index in [0.29, 0.717) is 13.0 Å². The number of ether oxygens (including phenoxy) is 1. The molecule has 0 spiro atoms. The van der Waals surface area contributed by atoms with E-state index in [1.807, 2.05) is 0 Å². The molecule has 0 aromatic heterocycles. The summed E-state index contributed by atoms with van der Waals surface area (Å²) in [7, 11) is 0. The van der Waals surface area contributed by atoms with Gasteiger partial charge in [-0.25, -0.2) is 4.79 Å². The number of para-hydroxylation sites is 1. The highest BCUT2D eigenvalue weighted by molar-refractivity contribution is 5.79. The minimum atomic E-state index is -4.53. The van der Waals surface area contributed by atoms with Gasteiger partial charge in [-0.05, 0) is 32.4 Å². The Hall–Kier alpha value is -2.45. The van der Waals surface area contributed by atoms with Crippen LogP contribution in [0.1, 0.15) is 25.8 Å². The molecule has 9 heteroatoms. The first-order chi connectivity index (χ1) is 12.0. The van der Waals surface area contributed by atoms with Gasteiger partial charge in [0.05, 0.1) is 17.0 Å². The second-order valence-electron chi connectivity index (χ2n) is 6.69. The summed E-state index contributed by atoms with van der Waals surface area (Å²) in [4.78, 5) is 24.8. The molecule has 1 saturated heterocycles. The molecule has 2 rings (SSSR count). The fraction of sp³-hybridized carbons (Fsp3) is 0.529. The summed E-state index contributed by atoms with van der Waals surface area (Å²) in [6, 6.07) is 3.83. The first kappa shape index (κ1) is 19.9. The van der Waals surface area contributed by atoms with Crippen LogP contribution in [0.15, 0.2) is 24.3 Å². The number of carboxylic acid groups (broad SMARTS) is 1. The number of urea groups is 1. The van der Waals surface area contributed by atoms with E-state index in [0.717, 1.165) is 6.07 Å². The zero-order valence-corrected chi connectivity index (χ0v) is 14.5. The van der Waals surface area contributed by atoms with Crippen LogP contribution in [0, 0.1) is 5.41 Å². The maximum atomic E-state index is 12.9. The highest BCUT2D eigenvalue weighted by Crippen LogP contribution is 2.36. The van der Waals surface area contributed by atoms with Crippen molar-refractivity contribution in [3.8, 4) is 5.75 Å². The Morgan fingerprint density at radius 1 is 1.38 bits per heavy atom. The average molecular weight is 374 g/mol. The van der Waals surface area contributed by atoms with Crippen molar-refractivity contribution in [2.75, 3.05) is 19.7 Å². The molecule has 1 heterocycles. The van der Waals surface area contributed by atoms with Crippen molar-refractivity contribution in [3.63, 3.8) is 0 Å². The third-order valence-corrected chi connectivity index (χ3v) is 4.33. The minimum Gasteiger partial charge on any atom is -0.491 e. The molecule has 1 aliphatic heterocycles. The van der Waals surface area contributed by atoms with E-state index >= 15 is 0 Å². The third-order valence-electron chi connectivity index (χ3n) is 4.33. The predicted octanol–water partition coefficient (Wildman–Crippen LogP) is 2.98. The topological polar surface area (TPSA) is 78.9 Å². The number of aliphatic carboxylic acids is 1. The second-order valence-corrected chi connectivity index (χ2v) is 6.69. The predicted molar refractivity (Wildman–Crippen MR) is 86.9 cm³/mol. The maximum Gasteiger partial charge on any atom is 0.419 e. The quantitative estimate of drug-likeness (QED) is 0.831. The molecule has 2 amide bonds. The molecule has 1 aliphatic rings. The lowest BCUT2D eigenvalue weighted by Gasteiger charge is -2.23. The lowest BCUT2D eigenvalue weighted by atomic mass is 9.90. The first-order valence-corrected chi connectivity index (χ1v) is 8.11. The number of nitrogens with one attached hydrogen (secondary N) is 1. The largest absolute Gasteiger partial charge is 0.491 e. The molecular formula is C17H21F3N2O4. The molecule has 1 fully saturated rings. The van der Waals surface area contributed by atoms with E-state index < -0.39 is 35.2 Å². The van der Waals surface area contributed by atoms with Gasteiger partial charge >= 0.3 is 18.2 Å². The first-order valence-electron chi connectivity index (χ1n) is 8.11. The van der Waals surface area contributed by atoms with E-state index in [1.165, 1.54) is 23.1 Å². The van der Waals surface area contributed by atoms with Crippen molar-refractivity contribution in [1.29, 1.82) is 0 Å². The number of rotatable bonds is 5. The Bertz CT molecular complexity index is 680. The smallest absolute Gasteiger partial charge is 0.419 e. The Balaban J connectivity index is 1.89. The second kappa shape index (κ2) is 7.43. The van der Waals surface area contributed by atoms with Gasteiger partial charge in [-0.3, -0.25) is 4.79 Å². The lowest BCUT2D eigenvalue weighted by molar-refractivity contribution is -0.147. The molecule has 2 atom stereocenters. The van der Waals surface area contributed by atoms with Crippen LogP contribution in [0.3, 0.4) is 0 Å². The van der Waals surface area contributed by atoms with E-state index in [1.54, 1.807) is 13.8 Å². The number of alkyl halides is 3. The van der Waals surface area contributed by atoms with Crippen LogP contribution in [0.4, 0.5) is 18.0 Å². The van der Waals surface area contributed by atoms with Gasteiger partial charge in [-0.1, -0.05) is 12.1 Å². The summed E-state index contributed by atoms with van der Waals surface area (Å²) >= 11 is 0. The fourth-order valence-corrected chi connectivity index (χ4v) is 2.69. The summed E-state index contributed by atoms with van der Waals surface area (Å²) in [6.45, 7) is 3.41. The SMILES string of the molecule is CC(COc1ccccc1C(F)(F)F)NC(=O)N1CCC(C)(C(=O)O)C1. The Kier molecular flexibility index (Phi) is 5.68. The molecule has 0 bridgehead atoms. The van der Waals surface area contributed by atoms with Gasteiger partial charge in [-0.2, -0.15) is 13.2 Å². The van der Waals surface area contributed by atoms with Crippen LogP contribution in [-0.2, 0) is 11.0 Å². The third kappa shape index (κ3) is 4.59. The van der Waals surface area contributed by atoms with Crippen molar-refractivity contribution in [2.45, 2.75) is 32.5 Å². The Labute approximate surface area is 148 Å². The number of hydrogen-bond acceptors (Lipinski definition) is 3. The van der Waals surface area contributed by atoms with Gasteiger partial charge in [0.15, 0.2) is 0 Å². The lowest BCUT2D eigenvalue weighted by Crippen LogP contribution is -2.46. The summed E-state index contributed by atoms with van der Waals surface area (Å²) in [6.07, 6.45) is -4.18. The monoisotopic (exact) mass is 374 g/mol. The molecule has 2 unspecified atom stereocenters. The van der Waals surface area contributed by atoms with Gasteiger partial charge < -0.3 is 20.1 Å². The molecule has 1 aromatic rings. The van der Waals surface area contributed by atoms with Crippen molar-refractivity contribution in [1.82, 2.24) is 10.2 Å². The van der Waals surface area contributed by atoms with Crippen molar-refractivity contribution < 1.29 is 32.6 Å². The van der Waals surface area contributed by atoms with Crippen molar-refractivity contribution >= 4 is 12.0 Å². The molecule has 0 aliphatic carbocycles. The number of benzene rings is 1. The Morgan fingerprint density at radius 3 is 2.62 bits per heavy atom. The van der Waals surface area contributed by atoms with Crippen molar-refractivity contribution in [3.05, 3.63) is 29.8 Å². The van der Waals surface area contributed by atoms with Gasteiger partial charge in [0.1, 0.15) is 12.4 Å². The number of amides is 2. The minimum absolute atomic E-state index is 0.0820. The van der Waals surface area contributed by atoms with Crippen LogP contribution in [-0.4, -0.2) is 47.7 Å². The standard InChI is InChI=1S/C17H21F3N2O4/c1-11(9-26-13-6-4-3-5-12(13)17(18,19)20)21-15(25)22-8-7-16(2,10-22)14(23)24/h3-6,11H,7-10H2,1-2H3,(H,21,25)(H,23,24). The molecule has 26 heavy (non-hydrogen) atoms. The molecule has 2 N–H and O–H groups in total. The number of carbonyl (C=O) groups excluding carboxylic acids is 1. The van der Waals surface area contributed by atoms with Crippen molar-refractivity contribution in [2.24, 2.45) is 5.41 Å². The van der Waals surface area contributed by atoms with E-state index in [2.05, 4.69) is 5.32 Å². The van der Waals surface area contributed by atoms with E-state index in [4.69, 9.17) is 4.74 Å². The zero-order valence-electron chi connectivity index (χ0n) is 14.5. The summed E-state index contributed by atoms with van der Waals surface area (Å²) in [5, 5.41) is 11.8. The number of nitrogens with zero attached hydrogens (tertiary/aromatic N) is 1. The van der Waals surface area contributed by atoms with Gasteiger partial charge in [0.25, 0.3) is 0 Å². The Morgan fingerprint density at radius 2 is 2.04 bits per heavy atom.